The van der Waals surface area contributed by atoms with Crippen molar-refractivity contribution in [3.05, 3.63) is 42.5 Å². The van der Waals surface area contributed by atoms with E-state index < -0.39 is 0 Å². The highest BCUT2D eigenvalue weighted by Gasteiger charge is 1.97. The number of hydrazine groups is 1. The topological polar surface area (TPSA) is 84.7 Å². The Morgan fingerprint density at radius 1 is 1.39 bits per heavy atom. The molecule has 0 saturated carbocycles. The molecule has 0 bridgehead atoms. The van der Waals surface area contributed by atoms with E-state index in [2.05, 4.69) is 25.9 Å². The molecule has 0 spiro atoms. The van der Waals surface area contributed by atoms with Gasteiger partial charge in [-0.15, -0.1) is 0 Å². The fourth-order valence-electron chi connectivity index (χ4n) is 1.22. The average Bonchev–Trinajstić information content (AvgIpc) is 2.81. The van der Waals surface area contributed by atoms with Gasteiger partial charge in [0, 0.05) is 37.3 Å². The molecule has 2 N–H and O–H groups in total. The Hall–Kier alpha value is -2.70. The van der Waals surface area contributed by atoms with Gasteiger partial charge in [0.15, 0.2) is 0 Å². The molecule has 0 atom stereocenters. The van der Waals surface area contributed by atoms with Crippen LogP contribution in [0.5, 0.6) is 0 Å². The van der Waals surface area contributed by atoms with Crippen LogP contribution in [0.1, 0.15) is 5.56 Å². The van der Waals surface area contributed by atoms with E-state index in [0.717, 1.165) is 5.56 Å². The van der Waals surface area contributed by atoms with E-state index >= 15 is 0 Å². The highest BCUT2D eigenvalue weighted by molar-refractivity contribution is 5.92. The number of anilines is 1. The maximum absolute atomic E-state index is 11.5. The summed E-state index contributed by atoms with van der Waals surface area (Å²) in [4.78, 5) is 19.2. The van der Waals surface area contributed by atoms with Gasteiger partial charge in [0.2, 0.25) is 5.95 Å². The molecule has 0 fully saturated rings. The third-order valence-electron chi connectivity index (χ3n) is 2.02. The lowest BCUT2D eigenvalue weighted by molar-refractivity contribution is -0.116. The van der Waals surface area contributed by atoms with Crippen molar-refractivity contribution >= 4 is 17.9 Å². The van der Waals surface area contributed by atoms with Gasteiger partial charge in [0.25, 0.3) is 5.91 Å². The number of rotatable bonds is 4. The van der Waals surface area contributed by atoms with E-state index in [4.69, 9.17) is 0 Å². The molecule has 92 valence electrons. The minimum atomic E-state index is -0.300. The Morgan fingerprint density at radius 2 is 2.17 bits per heavy atom. The lowest BCUT2D eigenvalue weighted by Crippen LogP contribution is -2.28. The maximum atomic E-state index is 11.5. The molecule has 2 heterocycles. The minimum absolute atomic E-state index is 0.300. The molecule has 7 nitrogen and oxygen atoms in total. The SMILES string of the molecule is Cn1cc(/C=C\C(=O)NNc2ncccn2)cn1. The number of nitrogens with one attached hydrogen (secondary N) is 2. The smallest absolute Gasteiger partial charge is 0.262 e. The van der Waals surface area contributed by atoms with Crippen molar-refractivity contribution in [2.24, 2.45) is 7.05 Å². The first-order valence-electron chi connectivity index (χ1n) is 5.24. The first-order chi connectivity index (χ1) is 8.74. The number of aryl methyl sites for hydroxylation is 1. The van der Waals surface area contributed by atoms with E-state index in [-0.39, 0.29) is 5.91 Å². The highest BCUT2D eigenvalue weighted by atomic mass is 16.2. The van der Waals surface area contributed by atoms with Crippen molar-refractivity contribution in [1.82, 2.24) is 25.2 Å². The van der Waals surface area contributed by atoms with Crippen LogP contribution in [-0.2, 0) is 11.8 Å². The lowest BCUT2D eigenvalue weighted by Gasteiger charge is -2.02. The summed E-state index contributed by atoms with van der Waals surface area (Å²) in [5.74, 6) is 0.0342. The summed E-state index contributed by atoms with van der Waals surface area (Å²) in [6.07, 6.45) is 9.68. The molecule has 2 aromatic heterocycles. The monoisotopic (exact) mass is 244 g/mol. The normalized spacial score (nSPS) is 10.5. The Morgan fingerprint density at radius 3 is 2.83 bits per heavy atom. The summed E-state index contributed by atoms with van der Waals surface area (Å²) < 4.78 is 1.66. The molecule has 0 unspecified atom stereocenters. The number of amides is 1. The molecule has 1 amide bonds. The predicted octanol–water partition coefficient (Wildman–Crippen LogP) is 0.367. The molecule has 7 heteroatoms. The highest BCUT2D eigenvalue weighted by Crippen LogP contribution is 1.98. The third-order valence-corrected chi connectivity index (χ3v) is 2.02. The number of nitrogens with zero attached hydrogens (tertiary/aromatic N) is 4. The Bertz CT molecular complexity index is 548. The number of carbonyl (C=O) groups excluding carboxylic acids is 1. The second kappa shape index (κ2) is 5.58. The van der Waals surface area contributed by atoms with Crippen LogP contribution in [0.2, 0.25) is 0 Å². The average molecular weight is 244 g/mol. The van der Waals surface area contributed by atoms with Crippen LogP contribution in [-0.4, -0.2) is 25.7 Å². The number of hydrogen-bond donors (Lipinski definition) is 2. The van der Waals surface area contributed by atoms with Crippen molar-refractivity contribution < 1.29 is 4.79 Å². The van der Waals surface area contributed by atoms with Crippen LogP contribution in [0.3, 0.4) is 0 Å². The molecular formula is C11H12N6O. The van der Waals surface area contributed by atoms with E-state index in [9.17, 15) is 4.79 Å². The molecule has 0 aromatic carbocycles. The van der Waals surface area contributed by atoms with E-state index in [1.165, 1.54) is 6.08 Å². The van der Waals surface area contributed by atoms with E-state index in [1.807, 2.05) is 7.05 Å². The lowest BCUT2D eigenvalue weighted by atomic mass is 10.3. The summed E-state index contributed by atoms with van der Waals surface area (Å²) in [6, 6.07) is 1.69. The van der Waals surface area contributed by atoms with Gasteiger partial charge in [-0.3, -0.25) is 20.3 Å². The summed E-state index contributed by atoms with van der Waals surface area (Å²) in [6.45, 7) is 0. The summed E-state index contributed by atoms with van der Waals surface area (Å²) >= 11 is 0. The number of hydrogen-bond acceptors (Lipinski definition) is 5. The second-order valence-electron chi connectivity index (χ2n) is 3.47. The van der Waals surface area contributed by atoms with Gasteiger partial charge in [0.05, 0.1) is 6.20 Å². The van der Waals surface area contributed by atoms with Crippen LogP contribution in [0.4, 0.5) is 5.95 Å². The van der Waals surface area contributed by atoms with Gasteiger partial charge in [-0.1, -0.05) is 0 Å². The van der Waals surface area contributed by atoms with Crippen LogP contribution in [0.15, 0.2) is 36.9 Å². The van der Waals surface area contributed by atoms with Crippen LogP contribution >= 0.6 is 0 Å². The zero-order chi connectivity index (χ0) is 12.8. The molecule has 0 aliphatic heterocycles. The van der Waals surface area contributed by atoms with Crippen molar-refractivity contribution in [3.63, 3.8) is 0 Å². The summed E-state index contributed by atoms with van der Waals surface area (Å²) in [5, 5.41) is 3.99. The zero-order valence-corrected chi connectivity index (χ0v) is 9.74. The third kappa shape index (κ3) is 3.41. The van der Waals surface area contributed by atoms with Gasteiger partial charge in [-0.05, 0) is 12.1 Å². The first-order valence-corrected chi connectivity index (χ1v) is 5.24. The van der Waals surface area contributed by atoms with Crippen LogP contribution in [0.25, 0.3) is 6.08 Å². The van der Waals surface area contributed by atoms with Crippen molar-refractivity contribution in [2.45, 2.75) is 0 Å². The van der Waals surface area contributed by atoms with Crippen molar-refractivity contribution in [3.8, 4) is 0 Å². The second-order valence-corrected chi connectivity index (χ2v) is 3.47. The summed E-state index contributed by atoms with van der Waals surface area (Å²) in [7, 11) is 1.81. The molecular weight excluding hydrogens is 232 g/mol. The molecule has 2 aromatic rings. The standard InChI is InChI=1S/C11H12N6O/c1-17-8-9(7-14-17)3-4-10(18)15-16-11-12-5-2-6-13-11/h2-8H,1H3,(H,15,18)(H,12,13,16)/b4-3-. The molecule has 0 saturated heterocycles. The quantitative estimate of drug-likeness (QED) is 0.599. The molecule has 0 radical (unpaired) electrons. The van der Waals surface area contributed by atoms with E-state index in [0.29, 0.717) is 5.95 Å². The molecule has 18 heavy (non-hydrogen) atoms. The fraction of sp³-hybridized carbons (Fsp3) is 0.0909. The van der Waals surface area contributed by atoms with E-state index in [1.54, 1.807) is 41.6 Å². The van der Waals surface area contributed by atoms with Gasteiger partial charge in [-0.25, -0.2) is 9.97 Å². The first kappa shape index (κ1) is 11.8. The van der Waals surface area contributed by atoms with Crippen molar-refractivity contribution in [2.75, 3.05) is 5.43 Å². The fourth-order valence-corrected chi connectivity index (χ4v) is 1.22. The number of aromatic nitrogens is 4. The van der Waals surface area contributed by atoms with Crippen LogP contribution in [0, 0.1) is 0 Å². The Kier molecular flexibility index (Phi) is 3.65. The maximum Gasteiger partial charge on any atom is 0.262 e. The summed E-state index contributed by atoms with van der Waals surface area (Å²) in [5.41, 5.74) is 5.89. The number of carbonyl (C=O) groups is 1. The van der Waals surface area contributed by atoms with Crippen molar-refractivity contribution in [1.29, 1.82) is 0 Å². The van der Waals surface area contributed by atoms with Gasteiger partial charge < -0.3 is 0 Å². The van der Waals surface area contributed by atoms with Crippen LogP contribution < -0.4 is 10.9 Å². The predicted molar refractivity (Wildman–Crippen MR) is 66.0 cm³/mol. The van der Waals surface area contributed by atoms with Gasteiger partial charge >= 0.3 is 0 Å². The minimum Gasteiger partial charge on any atom is -0.275 e. The molecule has 2 rings (SSSR count). The Balaban J connectivity index is 1.84. The molecule has 0 aliphatic carbocycles. The van der Waals surface area contributed by atoms with Gasteiger partial charge in [0.1, 0.15) is 0 Å². The van der Waals surface area contributed by atoms with Gasteiger partial charge in [-0.2, -0.15) is 5.10 Å². The largest absolute Gasteiger partial charge is 0.275 e. The zero-order valence-electron chi connectivity index (χ0n) is 9.74. The molecule has 0 aliphatic rings. The Labute approximate surface area is 104 Å².